The van der Waals surface area contributed by atoms with Crippen LogP contribution in [0.1, 0.15) is 17.2 Å². The van der Waals surface area contributed by atoms with Crippen molar-refractivity contribution in [1.29, 1.82) is 0 Å². The van der Waals surface area contributed by atoms with Gasteiger partial charge in [0.15, 0.2) is 0 Å². The van der Waals surface area contributed by atoms with E-state index in [4.69, 9.17) is 4.74 Å². The molecule has 1 atom stereocenters. The SMILES string of the molecule is OCC(NCc1cnc(N2CCOCC2)nc1)c1ccccc1. The fourth-order valence-electron chi connectivity index (χ4n) is 2.58. The molecule has 0 bridgehead atoms. The van der Waals surface area contributed by atoms with Crippen LogP contribution >= 0.6 is 0 Å². The predicted octanol–water partition coefficient (Wildman–Crippen LogP) is 1.14. The average molecular weight is 314 g/mol. The van der Waals surface area contributed by atoms with Gasteiger partial charge in [-0.2, -0.15) is 0 Å². The van der Waals surface area contributed by atoms with Gasteiger partial charge in [-0.15, -0.1) is 0 Å². The monoisotopic (exact) mass is 314 g/mol. The van der Waals surface area contributed by atoms with Crippen molar-refractivity contribution < 1.29 is 9.84 Å². The molecule has 23 heavy (non-hydrogen) atoms. The van der Waals surface area contributed by atoms with Gasteiger partial charge in [0.05, 0.1) is 25.9 Å². The van der Waals surface area contributed by atoms with Crippen molar-refractivity contribution in [2.75, 3.05) is 37.8 Å². The van der Waals surface area contributed by atoms with E-state index in [0.717, 1.165) is 43.4 Å². The van der Waals surface area contributed by atoms with E-state index in [1.165, 1.54) is 0 Å². The summed E-state index contributed by atoms with van der Waals surface area (Å²) in [5.74, 6) is 0.749. The number of nitrogens with one attached hydrogen (secondary N) is 1. The zero-order valence-electron chi connectivity index (χ0n) is 13.1. The van der Waals surface area contributed by atoms with Crippen LogP contribution in [0.2, 0.25) is 0 Å². The molecule has 2 heterocycles. The van der Waals surface area contributed by atoms with Crippen LogP contribution in [0.3, 0.4) is 0 Å². The molecule has 2 N–H and O–H groups in total. The van der Waals surface area contributed by atoms with Gasteiger partial charge in [0, 0.05) is 37.6 Å². The highest BCUT2D eigenvalue weighted by Crippen LogP contribution is 2.13. The van der Waals surface area contributed by atoms with Crippen molar-refractivity contribution in [1.82, 2.24) is 15.3 Å². The summed E-state index contributed by atoms with van der Waals surface area (Å²) in [4.78, 5) is 11.0. The molecule has 0 saturated carbocycles. The number of aliphatic hydroxyl groups is 1. The minimum atomic E-state index is -0.0879. The van der Waals surface area contributed by atoms with Gasteiger partial charge < -0.3 is 20.1 Å². The fraction of sp³-hybridized carbons (Fsp3) is 0.412. The highest BCUT2D eigenvalue weighted by atomic mass is 16.5. The molecule has 0 aliphatic carbocycles. The Bertz CT molecular complexity index is 585. The standard InChI is InChI=1S/C17H22N4O2/c22-13-16(15-4-2-1-3-5-15)18-10-14-11-19-17(20-12-14)21-6-8-23-9-7-21/h1-5,11-12,16,18,22H,6-10,13H2. The highest BCUT2D eigenvalue weighted by Gasteiger charge is 2.14. The molecule has 0 radical (unpaired) electrons. The van der Waals surface area contributed by atoms with Crippen LogP contribution < -0.4 is 10.2 Å². The van der Waals surface area contributed by atoms with Crippen molar-refractivity contribution in [3.8, 4) is 0 Å². The fourth-order valence-corrected chi connectivity index (χ4v) is 2.58. The molecule has 1 fully saturated rings. The molecule has 6 heteroatoms. The maximum absolute atomic E-state index is 9.56. The van der Waals surface area contributed by atoms with Crippen molar-refractivity contribution in [3.05, 3.63) is 53.9 Å². The zero-order valence-corrected chi connectivity index (χ0v) is 13.1. The van der Waals surface area contributed by atoms with Gasteiger partial charge in [0.25, 0.3) is 0 Å². The Morgan fingerprint density at radius 2 is 1.83 bits per heavy atom. The first-order valence-electron chi connectivity index (χ1n) is 7.89. The molecule has 3 rings (SSSR count). The summed E-state index contributed by atoms with van der Waals surface area (Å²) in [5, 5.41) is 12.9. The molecular weight excluding hydrogens is 292 g/mol. The maximum Gasteiger partial charge on any atom is 0.225 e. The van der Waals surface area contributed by atoms with Crippen molar-refractivity contribution >= 4 is 5.95 Å². The second-order valence-corrected chi connectivity index (χ2v) is 5.52. The van der Waals surface area contributed by atoms with Gasteiger partial charge in [0.1, 0.15) is 0 Å². The summed E-state index contributed by atoms with van der Waals surface area (Å²) >= 11 is 0. The number of benzene rings is 1. The van der Waals surface area contributed by atoms with Gasteiger partial charge in [0.2, 0.25) is 5.95 Å². The van der Waals surface area contributed by atoms with Gasteiger partial charge >= 0.3 is 0 Å². The Hall–Kier alpha value is -2.02. The van der Waals surface area contributed by atoms with Crippen LogP contribution in [0, 0.1) is 0 Å². The first-order valence-corrected chi connectivity index (χ1v) is 7.89. The van der Waals surface area contributed by atoms with Crippen LogP contribution in [-0.2, 0) is 11.3 Å². The lowest BCUT2D eigenvalue weighted by Gasteiger charge is -2.26. The Morgan fingerprint density at radius 1 is 1.13 bits per heavy atom. The summed E-state index contributed by atoms with van der Waals surface area (Å²) in [6, 6.07) is 9.84. The number of aromatic nitrogens is 2. The smallest absolute Gasteiger partial charge is 0.225 e. The molecule has 0 spiro atoms. The van der Waals surface area contributed by atoms with E-state index in [0.29, 0.717) is 6.54 Å². The van der Waals surface area contributed by atoms with E-state index in [1.54, 1.807) is 0 Å². The third-order valence-electron chi connectivity index (χ3n) is 3.92. The number of anilines is 1. The first kappa shape index (κ1) is 15.9. The molecular formula is C17H22N4O2. The molecule has 0 amide bonds. The van der Waals surface area contributed by atoms with E-state index in [-0.39, 0.29) is 12.6 Å². The second-order valence-electron chi connectivity index (χ2n) is 5.52. The molecule has 6 nitrogen and oxygen atoms in total. The molecule has 122 valence electrons. The molecule has 1 aromatic carbocycles. The largest absolute Gasteiger partial charge is 0.394 e. The zero-order chi connectivity index (χ0) is 15.9. The Labute approximate surface area is 136 Å². The number of hydrogen-bond donors (Lipinski definition) is 2. The second kappa shape index (κ2) is 8.01. The summed E-state index contributed by atoms with van der Waals surface area (Å²) in [6.45, 7) is 3.78. The lowest BCUT2D eigenvalue weighted by atomic mass is 10.1. The third kappa shape index (κ3) is 4.25. The van der Waals surface area contributed by atoms with Gasteiger partial charge in [-0.25, -0.2) is 9.97 Å². The summed E-state index contributed by atoms with van der Waals surface area (Å²) in [5.41, 5.74) is 2.07. The number of morpholine rings is 1. The summed E-state index contributed by atoms with van der Waals surface area (Å²) in [6.07, 6.45) is 3.68. The van der Waals surface area contributed by atoms with Crippen LogP contribution in [0.15, 0.2) is 42.7 Å². The van der Waals surface area contributed by atoms with Gasteiger partial charge in [-0.1, -0.05) is 30.3 Å². The van der Waals surface area contributed by atoms with E-state index < -0.39 is 0 Å². The third-order valence-corrected chi connectivity index (χ3v) is 3.92. The van der Waals surface area contributed by atoms with Crippen LogP contribution in [0.4, 0.5) is 5.95 Å². The number of hydrogen-bond acceptors (Lipinski definition) is 6. The topological polar surface area (TPSA) is 70.5 Å². The minimum Gasteiger partial charge on any atom is -0.394 e. The van der Waals surface area contributed by atoms with Crippen LogP contribution in [-0.4, -0.2) is 48.0 Å². The lowest BCUT2D eigenvalue weighted by molar-refractivity contribution is 0.122. The van der Waals surface area contributed by atoms with E-state index in [9.17, 15) is 5.11 Å². The Kier molecular flexibility index (Phi) is 5.52. The quantitative estimate of drug-likeness (QED) is 0.833. The van der Waals surface area contributed by atoms with Crippen molar-refractivity contribution in [3.63, 3.8) is 0 Å². The average Bonchev–Trinajstić information content (AvgIpc) is 2.64. The first-order chi connectivity index (χ1) is 11.4. The Morgan fingerprint density at radius 3 is 2.48 bits per heavy atom. The number of nitrogens with zero attached hydrogens (tertiary/aromatic N) is 3. The predicted molar refractivity (Wildman–Crippen MR) is 88.2 cm³/mol. The lowest BCUT2D eigenvalue weighted by Crippen LogP contribution is -2.37. The van der Waals surface area contributed by atoms with Crippen LogP contribution in [0.5, 0.6) is 0 Å². The molecule has 1 aliphatic rings. The molecule has 1 saturated heterocycles. The maximum atomic E-state index is 9.56. The van der Waals surface area contributed by atoms with E-state index >= 15 is 0 Å². The highest BCUT2D eigenvalue weighted by molar-refractivity contribution is 5.30. The number of rotatable bonds is 6. The van der Waals surface area contributed by atoms with E-state index in [2.05, 4.69) is 20.2 Å². The van der Waals surface area contributed by atoms with Crippen molar-refractivity contribution in [2.24, 2.45) is 0 Å². The molecule has 1 unspecified atom stereocenters. The van der Waals surface area contributed by atoms with Crippen LogP contribution in [0.25, 0.3) is 0 Å². The normalized spacial score (nSPS) is 16.3. The van der Waals surface area contributed by atoms with E-state index in [1.807, 2.05) is 42.7 Å². The summed E-state index contributed by atoms with van der Waals surface area (Å²) < 4.78 is 5.33. The number of aliphatic hydroxyl groups excluding tert-OH is 1. The van der Waals surface area contributed by atoms with Gasteiger partial charge in [-0.3, -0.25) is 0 Å². The van der Waals surface area contributed by atoms with Gasteiger partial charge in [-0.05, 0) is 5.56 Å². The summed E-state index contributed by atoms with van der Waals surface area (Å²) in [7, 11) is 0. The molecule has 2 aromatic rings. The Balaban J connectivity index is 1.57. The number of ether oxygens (including phenoxy) is 1. The minimum absolute atomic E-state index is 0.0523. The molecule has 1 aliphatic heterocycles. The van der Waals surface area contributed by atoms with Crippen molar-refractivity contribution in [2.45, 2.75) is 12.6 Å². The molecule has 1 aromatic heterocycles.